The lowest BCUT2D eigenvalue weighted by atomic mass is 10.0. The lowest BCUT2D eigenvalue weighted by Crippen LogP contribution is -2.30. The number of hydrogen-bond donors (Lipinski definition) is 2. The van der Waals surface area contributed by atoms with Crippen LogP contribution < -0.4 is 10.1 Å². The fourth-order valence-electron chi connectivity index (χ4n) is 2.83. The van der Waals surface area contributed by atoms with Gasteiger partial charge in [-0.25, -0.2) is 4.79 Å². The van der Waals surface area contributed by atoms with Crippen molar-refractivity contribution in [2.75, 3.05) is 12.4 Å². The van der Waals surface area contributed by atoms with Crippen molar-refractivity contribution >= 4 is 23.6 Å². The SMILES string of the molecule is COc1cc(/C=C/C(=O)O[C@H](C)C(=O)Nc2c(C)cc(C)cc2C)ccc1O. The standard InChI is InChI=1S/C22H25NO5/c1-13-10-14(2)21(15(3)11-13)23-22(26)16(4)28-20(25)9-7-17-6-8-18(24)19(12-17)27-5/h6-12,16,24H,1-5H3,(H,23,26)/b9-7+/t16-/m1/s1. The van der Waals surface area contributed by atoms with Crippen LogP contribution in [0.2, 0.25) is 0 Å². The average Bonchev–Trinajstić information content (AvgIpc) is 2.63. The van der Waals surface area contributed by atoms with Gasteiger partial charge in [0.2, 0.25) is 0 Å². The summed E-state index contributed by atoms with van der Waals surface area (Å²) in [6, 6.07) is 8.63. The summed E-state index contributed by atoms with van der Waals surface area (Å²) < 4.78 is 10.2. The van der Waals surface area contributed by atoms with Crippen molar-refractivity contribution in [3.63, 3.8) is 0 Å². The zero-order valence-electron chi connectivity index (χ0n) is 16.7. The Morgan fingerprint density at radius 3 is 2.36 bits per heavy atom. The van der Waals surface area contributed by atoms with E-state index in [9.17, 15) is 14.7 Å². The highest BCUT2D eigenvalue weighted by Crippen LogP contribution is 2.26. The van der Waals surface area contributed by atoms with Crippen molar-refractivity contribution in [1.29, 1.82) is 0 Å². The molecule has 0 fully saturated rings. The Hall–Kier alpha value is -3.28. The maximum absolute atomic E-state index is 12.4. The Balaban J connectivity index is 1.99. The number of benzene rings is 2. The average molecular weight is 383 g/mol. The predicted octanol–water partition coefficient (Wildman–Crippen LogP) is 3.91. The van der Waals surface area contributed by atoms with Crippen LogP contribution in [0.25, 0.3) is 6.08 Å². The van der Waals surface area contributed by atoms with Gasteiger partial charge in [0.25, 0.3) is 5.91 Å². The minimum absolute atomic E-state index is 0.00853. The Bertz CT molecular complexity index is 894. The third-order valence-electron chi connectivity index (χ3n) is 4.20. The van der Waals surface area contributed by atoms with Crippen LogP contribution in [0.3, 0.4) is 0 Å². The first-order chi connectivity index (χ1) is 13.2. The largest absolute Gasteiger partial charge is 0.504 e. The molecule has 0 heterocycles. The van der Waals surface area contributed by atoms with Crippen LogP contribution in [-0.2, 0) is 14.3 Å². The third-order valence-corrected chi connectivity index (χ3v) is 4.20. The molecule has 0 aliphatic rings. The number of phenols is 1. The second-order valence-electron chi connectivity index (χ2n) is 6.61. The van der Waals surface area contributed by atoms with Gasteiger partial charge in [0.1, 0.15) is 0 Å². The molecule has 6 nitrogen and oxygen atoms in total. The summed E-state index contributed by atoms with van der Waals surface area (Å²) in [4.78, 5) is 24.4. The highest BCUT2D eigenvalue weighted by molar-refractivity contribution is 5.97. The number of hydrogen-bond acceptors (Lipinski definition) is 5. The summed E-state index contributed by atoms with van der Waals surface area (Å²) in [6.07, 6.45) is 1.79. The first kappa shape index (κ1) is 21.0. The van der Waals surface area contributed by atoms with Crippen LogP contribution >= 0.6 is 0 Å². The van der Waals surface area contributed by atoms with E-state index in [0.717, 1.165) is 22.4 Å². The fraction of sp³-hybridized carbons (Fsp3) is 0.273. The van der Waals surface area contributed by atoms with Crippen molar-refractivity contribution in [3.05, 3.63) is 58.7 Å². The van der Waals surface area contributed by atoms with Crippen LogP contribution in [-0.4, -0.2) is 30.2 Å². The second-order valence-corrected chi connectivity index (χ2v) is 6.61. The van der Waals surface area contributed by atoms with Gasteiger partial charge in [0, 0.05) is 11.8 Å². The fourth-order valence-corrected chi connectivity index (χ4v) is 2.83. The van der Waals surface area contributed by atoms with Gasteiger partial charge in [-0.05, 0) is 62.6 Å². The number of phenolic OH excluding ortho intramolecular Hbond substituents is 1. The van der Waals surface area contributed by atoms with Crippen LogP contribution in [0.1, 0.15) is 29.2 Å². The van der Waals surface area contributed by atoms with Gasteiger partial charge in [-0.2, -0.15) is 0 Å². The topological polar surface area (TPSA) is 84.9 Å². The Morgan fingerprint density at radius 1 is 1.11 bits per heavy atom. The summed E-state index contributed by atoms with van der Waals surface area (Å²) >= 11 is 0. The number of nitrogens with one attached hydrogen (secondary N) is 1. The first-order valence-electron chi connectivity index (χ1n) is 8.85. The molecule has 2 aromatic rings. The van der Waals surface area contributed by atoms with E-state index in [-0.39, 0.29) is 5.75 Å². The molecule has 0 unspecified atom stereocenters. The van der Waals surface area contributed by atoms with Crippen LogP contribution in [0.4, 0.5) is 5.69 Å². The molecule has 2 aromatic carbocycles. The van der Waals surface area contributed by atoms with Gasteiger partial charge in [-0.3, -0.25) is 4.79 Å². The molecule has 28 heavy (non-hydrogen) atoms. The zero-order chi connectivity index (χ0) is 20.8. The normalized spacial score (nSPS) is 11.9. The molecule has 0 radical (unpaired) electrons. The number of methoxy groups -OCH3 is 1. The van der Waals surface area contributed by atoms with Crippen molar-refractivity contribution in [2.24, 2.45) is 0 Å². The third kappa shape index (κ3) is 5.36. The molecule has 2 rings (SSSR count). The molecule has 1 amide bonds. The van der Waals surface area contributed by atoms with E-state index in [1.165, 1.54) is 32.3 Å². The smallest absolute Gasteiger partial charge is 0.331 e. The second kappa shape index (κ2) is 9.08. The molecule has 0 aromatic heterocycles. The molecule has 0 aliphatic heterocycles. The summed E-state index contributed by atoms with van der Waals surface area (Å²) in [5.74, 6) is -0.739. The van der Waals surface area contributed by atoms with Gasteiger partial charge in [-0.15, -0.1) is 0 Å². The van der Waals surface area contributed by atoms with E-state index in [1.54, 1.807) is 12.1 Å². The number of amides is 1. The molecular weight excluding hydrogens is 358 g/mol. The Kier molecular flexibility index (Phi) is 6.82. The van der Waals surface area contributed by atoms with E-state index >= 15 is 0 Å². The number of carbonyl (C=O) groups excluding carboxylic acids is 2. The minimum atomic E-state index is -0.952. The maximum atomic E-state index is 12.4. The van der Waals surface area contributed by atoms with E-state index in [4.69, 9.17) is 9.47 Å². The summed E-state index contributed by atoms with van der Waals surface area (Å²) in [5, 5.41) is 12.4. The summed E-state index contributed by atoms with van der Waals surface area (Å²) in [7, 11) is 1.44. The van der Waals surface area contributed by atoms with Crippen molar-refractivity contribution in [3.8, 4) is 11.5 Å². The summed E-state index contributed by atoms with van der Waals surface area (Å²) in [5.41, 5.74) is 4.39. The molecule has 0 spiro atoms. The summed E-state index contributed by atoms with van der Waals surface area (Å²) in [6.45, 7) is 7.34. The number of carbonyl (C=O) groups is 2. The predicted molar refractivity (Wildman–Crippen MR) is 109 cm³/mol. The van der Waals surface area contributed by atoms with Gasteiger partial charge in [0.15, 0.2) is 17.6 Å². The number of rotatable bonds is 6. The van der Waals surface area contributed by atoms with Gasteiger partial charge in [0.05, 0.1) is 7.11 Å². The molecule has 0 aliphatic carbocycles. The van der Waals surface area contributed by atoms with E-state index in [0.29, 0.717) is 11.3 Å². The van der Waals surface area contributed by atoms with E-state index in [1.807, 2.05) is 32.9 Å². The van der Waals surface area contributed by atoms with Crippen molar-refractivity contribution in [2.45, 2.75) is 33.8 Å². The number of esters is 1. The lowest BCUT2D eigenvalue weighted by Gasteiger charge is -2.16. The molecule has 0 saturated carbocycles. The van der Waals surface area contributed by atoms with Crippen molar-refractivity contribution < 1.29 is 24.2 Å². The highest BCUT2D eigenvalue weighted by Gasteiger charge is 2.18. The number of anilines is 1. The number of aryl methyl sites for hydroxylation is 3. The van der Waals surface area contributed by atoms with Gasteiger partial charge >= 0.3 is 5.97 Å². The molecule has 1 atom stereocenters. The van der Waals surface area contributed by atoms with Gasteiger partial charge in [-0.1, -0.05) is 23.8 Å². The van der Waals surface area contributed by atoms with E-state index in [2.05, 4.69) is 5.32 Å². The number of aromatic hydroxyl groups is 1. The Morgan fingerprint density at radius 2 is 1.75 bits per heavy atom. The van der Waals surface area contributed by atoms with Crippen LogP contribution in [0.5, 0.6) is 11.5 Å². The molecule has 2 N–H and O–H groups in total. The highest BCUT2D eigenvalue weighted by atomic mass is 16.5. The maximum Gasteiger partial charge on any atom is 0.331 e. The molecule has 148 valence electrons. The van der Waals surface area contributed by atoms with Crippen molar-refractivity contribution in [1.82, 2.24) is 0 Å². The molecular formula is C22H25NO5. The van der Waals surface area contributed by atoms with Crippen LogP contribution in [0.15, 0.2) is 36.4 Å². The number of ether oxygens (including phenoxy) is 2. The lowest BCUT2D eigenvalue weighted by molar-refractivity contribution is -0.148. The van der Waals surface area contributed by atoms with Gasteiger partial charge < -0.3 is 19.9 Å². The zero-order valence-corrected chi connectivity index (χ0v) is 16.7. The monoisotopic (exact) mass is 383 g/mol. The molecule has 0 saturated heterocycles. The first-order valence-corrected chi connectivity index (χ1v) is 8.85. The van der Waals surface area contributed by atoms with E-state index < -0.39 is 18.0 Å². The Labute approximate surface area is 164 Å². The quantitative estimate of drug-likeness (QED) is 0.584. The minimum Gasteiger partial charge on any atom is -0.504 e. The molecule has 6 heteroatoms. The molecule has 0 bridgehead atoms. The van der Waals surface area contributed by atoms with Crippen LogP contribution in [0, 0.1) is 20.8 Å².